The summed E-state index contributed by atoms with van der Waals surface area (Å²) in [6.07, 6.45) is 3.59. The Morgan fingerprint density at radius 2 is 2.57 bits per heavy atom. The van der Waals surface area contributed by atoms with Crippen LogP contribution in [0.2, 0.25) is 0 Å². The molecule has 0 aliphatic rings. The molecule has 0 saturated heterocycles. The summed E-state index contributed by atoms with van der Waals surface area (Å²) in [4.78, 5) is 0. The van der Waals surface area contributed by atoms with Gasteiger partial charge in [-0.25, -0.2) is 4.09 Å². The van der Waals surface area contributed by atoms with E-state index >= 15 is 0 Å². The number of rotatable bonds is 0. The smallest absolute Gasteiger partial charge is 0.0529 e. The monoisotopic (exact) mass is 114 g/mol. The molecule has 0 N–H and O–H groups in total. The predicted octanol–water partition coefficient (Wildman–Crippen LogP) is 0.884. The summed E-state index contributed by atoms with van der Waals surface area (Å²) in [5.41, 5.74) is 1.13. The van der Waals surface area contributed by atoms with Gasteiger partial charge in [0.1, 0.15) is 0 Å². The first-order chi connectivity index (χ1) is 3.29. The molecule has 7 heavy (non-hydrogen) atoms. The summed E-state index contributed by atoms with van der Waals surface area (Å²) in [5.74, 6) is 0. The molecule has 0 bridgehead atoms. The van der Waals surface area contributed by atoms with Gasteiger partial charge in [-0.15, -0.1) is 0 Å². The van der Waals surface area contributed by atoms with Gasteiger partial charge in [0.05, 0.1) is 6.20 Å². The standard InChI is InChI=1S/C4H6N2S/c1-4-2-5-6(7)3-4/h2-3,7H,1H3. The highest BCUT2D eigenvalue weighted by Gasteiger charge is 1.82. The number of nitrogens with zero attached hydrogens (tertiary/aromatic N) is 2. The van der Waals surface area contributed by atoms with Gasteiger partial charge in [-0.3, -0.25) is 0 Å². The predicted molar refractivity (Wildman–Crippen MR) is 31.3 cm³/mol. The molecule has 0 aliphatic carbocycles. The summed E-state index contributed by atoms with van der Waals surface area (Å²) in [5, 5.41) is 3.80. The van der Waals surface area contributed by atoms with E-state index in [1.807, 2.05) is 13.1 Å². The van der Waals surface area contributed by atoms with Crippen molar-refractivity contribution in [2.75, 3.05) is 0 Å². The topological polar surface area (TPSA) is 17.8 Å². The Bertz CT molecular complexity index is 142. The van der Waals surface area contributed by atoms with Gasteiger partial charge in [-0.2, -0.15) is 5.10 Å². The van der Waals surface area contributed by atoms with Crippen molar-refractivity contribution in [1.82, 2.24) is 9.19 Å². The van der Waals surface area contributed by atoms with E-state index in [1.54, 1.807) is 6.20 Å². The Morgan fingerprint density at radius 1 is 1.86 bits per heavy atom. The molecule has 0 aliphatic heterocycles. The highest BCUT2D eigenvalue weighted by molar-refractivity contribution is 7.78. The highest BCUT2D eigenvalue weighted by Crippen LogP contribution is 1.92. The SMILES string of the molecule is Cc1cnn(S)c1. The fraction of sp³-hybridized carbons (Fsp3) is 0.250. The second kappa shape index (κ2) is 1.58. The Kier molecular flexibility index (Phi) is 1.06. The van der Waals surface area contributed by atoms with Crippen LogP contribution < -0.4 is 0 Å². The van der Waals surface area contributed by atoms with E-state index in [-0.39, 0.29) is 0 Å². The van der Waals surface area contributed by atoms with Crippen molar-refractivity contribution in [3.05, 3.63) is 18.0 Å². The van der Waals surface area contributed by atoms with Gasteiger partial charge in [-0.05, 0) is 25.3 Å². The van der Waals surface area contributed by atoms with Gasteiger partial charge >= 0.3 is 0 Å². The minimum atomic E-state index is 1.13. The van der Waals surface area contributed by atoms with Crippen LogP contribution >= 0.6 is 12.8 Å². The first-order valence-corrected chi connectivity index (χ1v) is 2.39. The van der Waals surface area contributed by atoms with Gasteiger partial charge in [0, 0.05) is 6.20 Å². The maximum absolute atomic E-state index is 3.91. The summed E-state index contributed by atoms with van der Waals surface area (Å²) < 4.78 is 1.48. The van der Waals surface area contributed by atoms with Crippen LogP contribution in [0.15, 0.2) is 12.4 Å². The molecule has 0 spiro atoms. The van der Waals surface area contributed by atoms with E-state index in [2.05, 4.69) is 17.9 Å². The first kappa shape index (κ1) is 4.71. The average molecular weight is 114 g/mol. The molecule has 2 nitrogen and oxygen atoms in total. The third kappa shape index (κ3) is 0.962. The van der Waals surface area contributed by atoms with Crippen molar-refractivity contribution >= 4 is 12.8 Å². The largest absolute Gasteiger partial charge is 0.217 e. The summed E-state index contributed by atoms with van der Waals surface area (Å²) in [6.45, 7) is 1.97. The molecule has 1 rings (SSSR count). The third-order valence-corrected chi connectivity index (χ3v) is 0.918. The lowest BCUT2D eigenvalue weighted by Gasteiger charge is -1.76. The molecular weight excluding hydrogens is 108 g/mol. The van der Waals surface area contributed by atoms with Crippen LogP contribution in [-0.2, 0) is 0 Å². The summed E-state index contributed by atoms with van der Waals surface area (Å²) >= 11 is 3.91. The summed E-state index contributed by atoms with van der Waals surface area (Å²) in [7, 11) is 0. The Hall–Kier alpha value is -0.440. The normalized spacial score (nSPS) is 9.43. The van der Waals surface area contributed by atoms with Crippen LogP contribution in [0.3, 0.4) is 0 Å². The molecule has 38 valence electrons. The van der Waals surface area contributed by atoms with Crippen LogP contribution in [0.1, 0.15) is 5.56 Å². The molecule has 0 unspecified atom stereocenters. The minimum Gasteiger partial charge on any atom is -0.217 e. The van der Waals surface area contributed by atoms with Gasteiger partial charge < -0.3 is 0 Å². The number of hydrogen-bond donors (Lipinski definition) is 1. The fourth-order valence-corrected chi connectivity index (χ4v) is 0.633. The quantitative estimate of drug-likeness (QED) is 0.496. The summed E-state index contributed by atoms with van der Waals surface area (Å²) in [6, 6.07) is 0. The van der Waals surface area contributed by atoms with Crippen molar-refractivity contribution in [2.24, 2.45) is 0 Å². The zero-order valence-electron chi connectivity index (χ0n) is 4.00. The maximum atomic E-state index is 3.91. The molecule has 1 heterocycles. The van der Waals surface area contributed by atoms with Crippen molar-refractivity contribution in [2.45, 2.75) is 6.92 Å². The lowest BCUT2D eigenvalue weighted by Crippen LogP contribution is -1.74. The Balaban J connectivity index is 3.04. The van der Waals surface area contributed by atoms with E-state index in [9.17, 15) is 0 Å². The van der Waals surface area contributed by atoms with Gasteiger partial charge in [0.2, 0.25) is 0 Å². The third-order valence-electron chi connectivity index (χ3n) is 0.699. The number of thiol groups is 1. The lowest BCUT2D eigenvalue weighted by atomic mass is 10.4. The van der Waals surface area contributed by atoms with E-state index < -0.39 is 0 Å². The highest BCUT2D eigenvalue weighted by atomic mass is 32.1. The number of aryl methyl sites for hydroxylation is 1. The van der Waals surface area contributed by atoms with Crippen LogP contribution in [0, 0.1) is 6.92 Å². The van der Waals surface area contributed by atoms with Crippen LogP contribution in [0.4, 0.5) is 0 Å². The molecule has 0 atom stereocenters. The lowest BCUT2D eigenvalue weighted by molar-refractivity contribution is 1.02. The van der Waals surface area contributed by atoms with Crippen molar-refractivity contribution in [1.29, 1.82) is 0 Å². The Labute approximate surface area is 47.7 Å². The molecule has 1 aromatic heterocycles. The first-order valence-electron chi connectivity index (χ1n) is 1.99. The van der Waals surface area contributed by atoms with Crippen molar-refractivity contribution in [3.63, 3.8) is 0 Å². The van der Waals surface area contributed by atoms with Crippen LogP contribution in [-0.4, -0.2) is 9.19 Å². The maximum Gasteiger partial charge on any atom is 0.0529 e. The van der Waals surface area contributed by atoms with Crippen molar-refractivity contribution < 1.29 is 0 Å². The second-order valence-electron chi connectivity index (χ2n) is 1.44. The zero-order chi connectivity index (χ0) is 5.28. The van der Waals surface area contributed by atoms with Crippen LogP contribution in [0.25, 0.3) is 0 Å². The fourth-order valence-electron chi connectivity index (χ4n) is 0.399. The molecular formula is C4H6N2S. The molecule has 0 fully saturated rings. The number of hydrogen-bond acceptors (Lipinski definition) is 2. The van der Waals surface area contributed by atoms with E-state index in [0.717, 1.165) is 5.56 Å². The second-order valence-corrected chi connectivity index (χ2v) is 1.85. The van der Waals surface area contributed by atoms with E-state index in [0.29, 0.717) is 0 Å². The minimum absolute atomic E-state index is 1.13. The van der Waals surface area contributed by atoms with Crippen molar-refractivity contribution in [3.8, 4) is 0 Å². The molecule has 0 radical (unpaired) electrons. The van der Waals surface area contributed by atoms with Gasteiger partial charge in [-0.1, -0.05) is 0 Å². The Morgan fingerprint density at radius 3 is 2.71 bits per heavy atom. The zero-order valence-corrected chi connectivity index (χ0v) is 4.89. The molecule has 0 saturated carbocycles. The number of aromatic nitrogens is 2. The van der Waals surface area contributed by atoms with Gasteiger partial charge in [0.25, 0.3) is 0 Å². The molecule has 0 amide bonds. The van der Waals surface area contributed by atoms with Crippen LogP contribution in [0.5, 0.6) is 0 Å². The average Bonchev–Trinajstić information content (AvgIpc) is 1.87. The molecule has 1 aromatic rings. The molecule has 0 aromatic carbocycles. The molecule has 3 heteroatoms. The van der Waals surface area contributed by atoms with E-state index in [1.165, 1.54) is 4.09 Å². The van der Waals surface area contributed by atoms with Gasteiger partial charge in [0.15, 0.2) is 0 Å². The van der Waals surface area contributed by atoms with E-state index in [4.69, 9.17) is 0 Å².